The molecular weight excluding hydrogens is 1050 g/mol. The van der Waals surface area contributed by atoms with Crippen molar-refractivity contribution in [3.8, 4) is 0 Å². The van der Waals surface area contributed by atoms with Gasteiger partial charge in [0.05, 0.1) is 13.2 Å². The first-order valence-electron chi connectivity index (χ1n) is 34.7. The van der Waals surface area contributed by atoms with Crippen molar-refractivity contribution < 1.29 is 37.6 Å². The van der Waals surface area contributed by atoms with Crippen LogP contribution in [-0.4, -0.2) is 49.3 Å². The molecule has 0 aromatic rings. The first-order valence-corrected chi connectivity index (χ1v) is 36.2. The van der Waals surface area contributed by atoms with Gasteiger partial charge in [0.15, 0.2) is 6.10 Å². The zero-order valence-electron chi connectivity index (χ0n) is 53.9. The first-order chi connectivity index (χ1) is 40.8. The number of rotatable bonds is 65. The molecule has 2 atom stereocenters. The Morgan fingerprint density at radius 2 is 0.675 bits per heavy atom. The third kappa shape index (κ3) is 67.9. The summed E-state index contributed by atoms with van der Waals surface area (Å²) in [7, 11) is -4.41. The summed E-state index contributed by atoms with van der Waals surface area (Å²) >= 11 is 0. The molecule has 0 bridgehead atoms. The van der Waals surface area contributed by atoms with Crippen molar-refractivity contribution in [2.24, 2.45) is 5.73 Å². The number of phosphoric ester groups is 1. The minimum absolute atomic E-state index is 0.0406. The predicted octanol–water partition coefficient (Wildman–Crippen LogP) is 22.7. The van der Waals surface area contributed by atoms with Crippen LogP contribution in [0.2, 0.25) is 0 Å². The molecule has 10 heteroatoms. The summed E-state index contributed by atoms with van der Waals surface area (Å²) in [6.45, 7) is 3.59. The summed E-state index contributed by atoms with van der Waals surface area (Å²) in [5.74, 6) is -0.892. The van der Waals surface area contributed by atoms with Crippen LogP contribution in [0, 0.1) is 0 Å². The number of allylic oxidation sites excluding steroid dienone is 16. The van der Waals surface area contributed by atoms with E-state index in [2.05, 4.69) is 105 Å². The van der Waals surface area contributed by atoms with E-state index in [-0.39, 0.29) is 32.6 Å². The second-order valence-electron chi connectivity index (χ2n) is 23.0. The van der Waals surface area contributed by atoms with Crippen molar-refractivity contribution in [3.63, 3.8) is 0 Å². The van der Waals surface area contributed by atoms with Crippen molar-refractivity contribution in [3.05, 3.63) is 97.2 Å². The Balaban J connectivity index is 3.85. The van der Waals surface area contributed by atoms with Gasteiger partial charge in [-0.3, -0.25) is 18.6 Å². The van der Waals surface area contributed by atoms with E-state index in [1.54, 1.807) is 0 Å². The molecule has 0 rings (SSSR count). The first kappa shape index (κ1) is 79.9. The molecule has 9 nitrogen and oxygen atoms in total. The smallest absolute Gasteiger partial charge is 0.462 e. The van der Waals surface area contributed by atoms with Gasteiger partial charge >= 0.3 is 19.8 Å². The van der Waals surface area contributed by atoms with Crippen LogP contribution in [0.1, 0.15) is 322 Å². The highest BCUT2D eigenvalue weighted by molar-refractivity contribution is 7.47. The van der Waals surface area contributed by atoms with Crippen molar-refractivity contribution in [1.29, 1.82) is 0 Å². The molecule has 480 valence electrons. The van der Waals surface area contributed by atoms with Gasteiger partial charge in [0.25, 0.3) is 0 Å². The topological polar surface area (TPSA) is 134 Å². The number of phosphoric acid groups is 1. The van der Waals surface area contributed by atoms with Gasteiger partial charge in [-0.05, 0) is 89.9 Å². The largest absolute Gasteiger partial charge is 0.472 e. The Bertz CT molecular complexity index is 1680. The predicted molar refractivity (Wildman–Crippen MR) is 358 cm³/mol. The molecule has 0 aliphatic rings. The van der Waals surface area contributed by atoms with Crippen LogP contribution in [0.5, 0.6) is 0 Å². The summed E-state index contributed by atoms with van der Waals surface area (Å²) in [6, 6.07) is 0. The van der Waals surface area contributed by atoms with Crippen LogP contribution in [0.4, 0.5) is 0 Å². The molecule has 0 aliphatic carbocycles. The van der Waals surface area contributed by atoms with E-state index >= 15 is 0 Å². The average Bonchev–Trinajstić information content (AvgIpc) is 3.48. The van der Waals surface area contributed by atoms with Crippen LogP contribution in [-0.2, 0) is 32.7 Å². The van der Waals surface area contributed by atoms with Gasteiger partial charge in [0.1, 0.15) is 6.61 Å². The number of nitrogens with two attached hydrogens (primary N) is 1. The number of hydrogen-bond donors (Lipinski definition) is 2. The molecule has 2 unspecified atom stereocenters. The molecule has 0 saturated carbocycles. The maximum absolute atomic E-state index is 12.7. The van der Waals surface area contributed by atoms with Crippen LogP contribution >= 0.6 is 7.82 Å². The van der Waals surface area contributed by atoms with Crippen LogP contribution in [0.3, 0.4) is 0 Å². The van der Waals surface area contributed by atoms with Crippen LogP contribution in [0.25, 0.3) is 0 Å². The van der Waals surface area contributed by atoms with E-state index < -0.39 is 32.5 Å². The van der Waals surface area contributed by atoms with Gasteiger partial charge in [-0.1, -0.05) is 317 Å². The summed E-state index contributed by atoms with van der Waals surface area (Å²) in [6.07, 6.45) is 92.5. The van der Waals surface area contributed by atoms with E-state index in [1.165, 1.54) is 218 Å². The van der Waals surface area contributed by atoms with Gasteiger partial charge in [0, 0.05) is 19.4 Å². The van der Waals surface area contributed by atoms with Gasteiger partial charge in [-0.2, -0.15) is 0 Å². The lowest BCUT2D eigenvalue weighted by molar-refractivity contribution is -0.161. The zero-order chi connectivity index (χ0) is 60.1. The van der Waals surface area contributed by atoms with Crippen molar-refractivity contribution in [2.45, 2.75) is 328 Å². The molecule has 0 aliphatic heterocycles. The van der Waals surface area contributed by atoms with Gasteiger partial charge in [0.2, 0.25) is 0 Å². The van der Waals surface area contributed by atoms with E-state index in [4.69, 9.17) is 24.3 Å². The van der Waals surface area contributed by atoms with Gasteiger partial charge < -0.3 is 20.1 Å². The lowest BCUT2D eigenvalue weighted by atomic mass is 10.0. The third-order valence-corrected chi connectivity index (χ3v) is 15.9. The molecule has 0 radical (unpaired) electrons. The summed E-state index contributed by atoms with van der Waals surface area (Å²) in [4.78, 5) is 35.3. The molecule has 0 amide bonds. The van der Waals surface area contributed by atoms with Crippen LogP contribution in [0.15, 0.2) is 97.2 Å². The van der Waals surface area contributed by atoms with E-state index in [1.807, 2.05) is 6.08 Å². The normalized spacial score (nSPS) is 13.5. The van der Waals surface area contributed by atoms with E-state index in [0.717, 1.165) is 64.2 Å². The Hall–Kier alpha value is -3.07. The average molecular weight is 1180 g/mol. The zero-order valence-corrected chi connectivity index (χ0v) is 54.8. The number of carbonyl (C=O) groups excluding carboxylic acids is 2. The minimum Gasteiger partial charge on any atom is -0.462 e. The highest BCUT2D eigenvalue weighted by Crippen LogP contribution is 2.43. The van der Waals surface area contributed by atoms with E-state index in [0.29, 0.717) is 12.8 Å². The fourth-order valence-corrected chi connectivity index (χ4v) is 10.6. The second kappa shape index (κ2) is 68.0. The number of esters is 2. The molecular formula is C73H130NO8P. The van der Waals surface area contributed by atoms with Crippen molar-refractivity contribution in [2.75, 3.05) is 26.4 Å². The third-order valence-electron chi connectivity index (χ3n) is 15.0. The molecule has 83 heavy (non-hydrogen) atoms. The van der Waals surface area contributed by atoms with Crippen LogP contribution < -0.4 is 5.73 Å². The summed E-state index contributed by atoms with van der Waals surface area (Å²) in [5, 5.41) is 0. The molecule has 0 saturated heterocycles. The highest BCUT2D eigenvalue weighted by Gasteiger charge is 2.26. The molecule has 0 heterocycles. The summed E-state index contributed by atoms with van der Waals surface area (Å²) in [5.41, 5.74) is 5.39. The van der Waals surface area contributed by atoms with E-state index in [9.17, 15) is 19.0 Å². The van der Waals surface area contributed by atoms with Crippen molar-refractivity contribution in [1.82, 2.24) is 0 Å². The fourth-order valence-electron chi connectivity index (χ4n) is 9.86. The molecule has 0 fully saturated rings. The molecule has 0 spiro atoms. The number of hydrogen-bond acceptors (Lipinski definition) is 8. The molecule has 3 N–H and O–H groups in total. The maximum atomic E-state index is 12.7. The Labute approximate surface area is 512 Å². The van der Waals surface area contributed by atoms with Gasteiger partial charge in [-0.15, -0.1) is 0 Å². The lowest BCUT2D eigenvalue weighted by Crippen LogP contribution is -2.29. The second-order valence-corrected chi connectivity index (χ2v) is 24.5. The van der Waals surface area contributed by atoms with Gasteiger partial charge in [-0.25, -0.2) is 4.57 Å². The molecule has 0 aromatic heterocycles. The maximum Gasteiger partial charge on any atom is 0.472 e. The number of unbranched alkanes of at least 4 members (excludes halogenated alkanes) is 36. The number of carbonyl (C=O) groups is 2. The number of ether oxygens (including phenoxy) is 2. The highest BCUT2D eigenvalue weighted by atomic mass is 31.2. The molecule has 0 aromatic carbocycles. The Morgan fingerprint density at radius 3 is 1.04 bits per heavy atom. The quantitative estimate of drug-likeness (QED) is 0.0264. The Kier molecular flexibility index (Phi) is 65.5. The lowest BCUT2D eigenvalue weighted by Gasteiger charge is -2.19. The minimum atomic E-state index is -4.41. The Morgan fingerprint density at radius 1 is 0.373 bits per heavy atom. The monoisotopic (exact) mass is 1180 g/mol. The van der Waals surface area contributed by atoms with Crippen molar-refractivity contribution >= 4 is 19.8 Å². The standard InChI is InChI=1S/C73H130NO8P/c1-3-5-7-9-11-13-15-17-19-21-23-25-27-28-29-30-31-32-33-34-35-36-37-38-39-40-41-42-44-45-47-49-51-53-55-57-59-61-63-65-72(75)79-69-71(70-81-83(77,78)80-68-67-74)82-73(76)66-64-62-60-58-56-54-52-50-48-46-43-26-24-22-20-18-16-14-12-10-8-6-4-2/h6,8,12,14,18,20-21,23-24,26,46,48,52,54,58,60,71H,3-5,7,9-11,13,15-17,19,22,25,27-45,47,49-51,53,55-57,59,61-70,74H2,1-2H3,(H,77,78)/b8-6-,14-12-,20-18-,23-21-,26-24-,48-46-,54-52-,60-58-. The summed E-state index contributed by atoms with van der Waals surface area (Å²) < 4.78 is 33.0. The fraction of sp³-hybridized carbons (Fsp3) is 0.753. The SMILES string of the molecule is CC/C=C\C/C=C\C/C=C\C/C=C\C/C=C\C/C=C\C/C=C\CCCC(=O)OC(COC(=O)CCCCCCCCCCCCCCCCCCCCCCCCCCCCC/C=C\CCCCCCCCCC)COP(=O)(O)OCCN.